The minimum Gasteiger partial charge on any atom is -0.341 e. The Balaban J connectivity index is 1.86. The molecule has 3 N–H and O–H groups in total. The van der Waals surface area contributed by atoms with Gasteiger partial charge >= 0.3 is 0 Å². The molecule has 0 saturated heterocycles. The predicted molar refractivity (Wildman–Crippen MR) is 101 cm³/mol. The molecule has 0 saturated carbocycles. The Morgan fingerprint density at radius 2 is 2.08 bits per heavy atom. The molecule has 138 valence electrons. The first-order chi connectivity index (χ1) is 12.3. The monoisotopic (exact) mass is 374 g/mol. The average molecular weight is 374 g/mol. The van der Waals surface area contributed by atoms with Crippen LogP contribution in [0.5, 0.6) is 0 Å². The van der Waals surface area contributed by atoms with Gasteiger partial charge in [0.15, 0.2) is 5.82 Å². The van der Waals surface area contributed by atoms with Gasteiger partial charge in [-0.25, -0.2) is 8.42 Å². The van der Waals surface area contributed by atoms with Crippen molar-refractivity contribution in [2.45, 2.75) is 27.7 Å². The first-order valence-electron chi connectivity index (χ1n) is 8.24. The molecule has 8 nitrogen and oxygen atoms in total. The molecule has 0 bridgehead atoms. The molecule has 1 aliphatic heterocycles. The van der Waals surface area contributed by atoms with Crippen molar-refractivity contribution in [2.75, 3.05) is 11.1 Å². The summed E-state index contributed by atoms with van der Waals surface area (Å²) in [6.07, 6.45) is 5.54. The van der Waals surface area contributed by atoms with E-state index in [0.717, 1.165) is 32.3 Å². The quantitative estimate of drug-likeness (QED) is 0.734. The van der Waals surface area contributed by atoms with Crippen LogP contribution in [-0.4, -0.2) is 28.3 Å². The van der Waals surface area contributed by atoms with Crippen LogP contribution in [-0.2, 0) is 10.0 Å². The second-order valence-corrected chi connectivity index (χ2v) is 8.16. The molecule has 3 heterocycles. The minimum absolute atomic E-state index is 0.00291. The number of hydrogen-bond acceptors (Lipinski definition) is 7. The Morgan fingerprint density at radius 3 is 2.77 bits per heavy atom. The van der Waals surface area contributed by atoms with Gasteiger partial charge in [-0.1, -0.05) is 0 Å². The van der Waals surface area contributed by atoms with Crippen LogP contribution in [0.3, 0.4) is 0 Å². The van der Waals surface area contributed by atoms with Crippen LogP contribution in [0, 0.1) is 13.8 Å². The zero-order chi connectivity index (χ0) is 18.9. The summed E-state index contributed by atoms with van der Waals surface area (Å²) < 4.78 is 25.1. The largest absolute Gasteiger partial charge is 0.341 e. The molecule has 0 aliphatic carbocycles. The lowest BCUT2D eigenvalue weighted by Gasteiger charge is -2.08. The van der Waals surface area contributed by atoms with Crippen LogP contribution in [0.25, 0.3) is 5.70 Å². The van der Waals surface area contributed by atoms with Crippen molar-refractivity contribution < 1.29 is 8.42 Å². The first-order valence-corrected chi connectivity index (χ1v) is 9.85. The topological polar surface area (TPSA) is 101 Å². The van der Waals surface area contributed by atoms with Crippen molar-refractivity contribution in [1.82, 2.24) is 25.0 Å². The summed E-state index contributed by atoms with van der Waals surface area (Å²) >= 11 is 0. The van der Waals surface area contributed by atoms with Crippen molar-refractivity contribution in [3.05, 3.63) is 58.8 Å². The second-order valence-electron chi connectivity index (χ2n) is 6.08. The molecule has 9 heteroatoms. The molecule has 0 amide bonds. The number of nitrogens with one attached hydrogen (secondary N) is 3. The summed E-state index contributed by atoms with van der Waals surface area (Å²) in [5.41, 5.74) is 11.5. The Kier molecular flexibility index (Phi) is 4.73. The molecular weight excluding hydrogens is 352 g/mol. The zero-order valence-electron chi connectivity index (χ0n) is 15.2. The molecule has 26 heavy (non-hydrogen) atoms. The van der Waals surface area contributed by atoms with E-state index in [0.29, 0.717) is 11.5 Å². The molecule has 2 aromatic rings. The number of nitrogens with zero attached hydrogens (tertiary/aromatic N) is 3. The number of aryl methyl sites for hydroxylation is 2. The Morgan fingerprint density at radius 1 is 1.31 bits per heavy atom. The smallest absolute Gasteiger partial charge is 0.253 e. The molecule has 0 unspecified atom stereocenters. The number of aromatic nitrogens is 3. The molecule has 0 aromatic carbocycles. The van der Waals surface area contributed by atoms with E-state index in [2.05, 4.69) is 26.3 Å². The van der Waals surface area contributed by atoms with E-state index in [4.69, 9.17) is 0 Å². The van der Waals surface area contributed by atoms with Crippen LogP contribution in [0.1, 0.15) is 30.7 Å². The third-order valence-electron chi connectivity index (χ3n) is 4.14. The maximum absolute atomic E-state index is 12.0. The number of allylic oxidation sites excluding steroid dienone is 2. The third-order valence-corrected chi connectivity index (χ3v) is 5.77. The molecule has 1 aliphatic rings. The summed E-state index contributed by atoms with van der Waals surface area (Å²) in [5, 5.41) is 7.31. The fourth-order valence-corrected chi connectivity index (χ4v) is 3.58. The summed E-state index contributed by atoms with van der Waals surface area (Å²) in [7, 11) is -3.41. The van der Waals surface area contributed by atoms with Gasteiger partial charge in [0.2, 0.25) is 0 Å². The normalized spacial score (nSPS) is 15.9. The SMILES string of the molecule is CCS(=O)(=O)n1nc(N/C(C)=C2/C=C(c3cnccc3C)NN2)cc1C. The summed E-state index contributed by atoms with van der Waals surface area (Å²) in [4.78, 5) is 4.16. The van der Waals surface area contributed by atoms with E-state index in [1.54, 1.807) is 26.1 Å². The minimum atomic E-state index is -3.41. The highest BCUT2D eigenvalue weighted by atomic mass is 32.2. The van der Waals surface area contributed by atoms with E-state index in [1.807, 2.05) is 32.2 Å². The molecule has 0 radical (unpaired) electrons. The van der Waals surface area contributed by atoms with Gasteiger partial charge in [-0.15, -0.1) is 5.10 Å². The van der Waals surface area contributed by atoms with E-state index in [1.165, 1.54) is 0 Å². The molecule has 3 rings (SSSR count). The van der Waals surface area contributed by atoms with Gasteiger partial charge in [0.05, 0.1) is 22.8 Å². The first kappa shape index (κ1) is 18.0. The van der Waals surface area contributed by atoms with Gasteiger partial charge in [-0.3, -0.25) is 10.4 Å². The van der Waals surface area contributed by atoms with Crippen LogP contribution in [0.4, 0.5) is 5.82 Å². The van der Waals surface area contributed by atoms with Crippen LogP contribution in [0.2, 0.25) is 0 Å². The fraction of sp³-hybridized carbons (Fsp3) is 0.294. The highest BCUT2D eigenvalue weighted by Crippen LogP contribution is 2.22. The van der Waals surface area contributed by atoms with Gasteiger partial charge in [-0.2, -0.15) is 4.09 Å². The Hall–Kier alpha value is -2.81. The number of hydrogen-bond donors (Lipinski definition) is 3. The highest BCUT2D eigenvalue weighted by molar-refractivity contribution is 7.89. The average Bonchev–Trinajstić information content (AvgIpc) is 3.22. The lowest BCUT2D eigenvalue weighted by molar-refractivity contribution is 0.580. The van der Waals surface area contributed by atoms with Crippen molar-refractivity contribution in [3.8, 4) is 0 Å². The molecule has 2 aromatic heterocycles. The van der Waals surface area contributed by atoms with E-state index in [9.17, 15) is 8.42 Å². The molecular formula is C17H22N6O2S. The van der Waals surface area contributed by atoms with Gasteiger partial charge in [-0.05, 0) is 45.4 Å². The summed E-state index contributed by atoms with van der Waals surface area (Å²) in [5.74, 6) is 0.475. The van der Waals surface area contributed by atoms with Crippen molar-refractivity contribution in [3.63, 3.8) is 0 Å². The third kappa shape index (κ3) is 3.43. The van der Waals surface area contributed by atoms with E-state index < -0.39 is 10.0 Å². The summed E-state index contributed by atoms with van der Waals surface area (Å²) in [6, 6.07) is 3.66. The number of hydrazine groups is 1. The van der Waals surface area contributed by atoms with Crippen LogP contribution >= 0.6 is 0 Å². The molecule has 0 fully saturated rings. The Labute approximate surface area is 153 Å². The Bertz CT molecular complexity index is 1000. The van der Waals surface area contributed by atoms with Gasteiger partial charge < -0.3 is 10.7 Å². The maximum Gasteiger partial charge on any atom is 0.253 e. The zero-order valence-corrected chi connectivity index (χ0v) is 16.0. The van der Waals surface area contributed by atoms with Crippen molar-refractivity contribution >= 4 is 21.5 Å². The second kappa shape index (κ2) is 6.83. The number of pyridine rings is 1. The summed E-state index contributed by atoms with van der Waals surface area (Å²) in [6.45, 7) is 7.22. The van der Waals surface area contributed by atoms with Gasteiger partial charge in [0.25, 0.3) is 10.0 Å². The van der Waals surface area contributed by atoms with Crippen LogP contribution in [0.15, 0.2) is 42.0 Å². The van der Waals surface area contributed by atoms with Crippen molar-refractivity contribution in [2.24, 2.45) is 0 Å². The maximum atomic E-state index is 12.0. The van der Waals surface area contributed by atoms with Crippen molar-refractivity contribution in [1.29, 1.82) is 0 Å². The highest BCUT2D eigenvalue weighted by Gasteiger charge is 2.17. The lowest BCUT2D eigenvalue weighted by Crippen LogP contribution is -2.24. The van der Waals surface area contributed by atoms with Gasteiger partial charge in [0.1, 0.15) is 0 Å². The number of anilines is 1. The predicted octanol–water partition coefficient (Wildman–Crippen LogP) is 1.89. The molecule has 0 atom stereocenters. The van der Waals surface area contributed by atoms with Gasteiger partial charge in [0, 0.05) is 29.7 Å². The number of rotatable bonds is 5. The van der Waals surface area contributed by atoms with E-state index in [-0.39, 0.29) is 5.75 Å². The fourth-order valence-electron chi connectivity index (χ4n) is 2.63. The van der Waals surface area contributed by atoms with Crippen LogP contribution < -0.4 is 16.2 Å². The lowest BCUT2D eigenvalue weighted by atomic mass is 10.1. The molecule has 0 spiro atoms. The standard InChI is InChI=1S/C17H22N6O2S/c1-5-26(24,25)23-12(3)8-17(22-23)19-13(4)15-9-16(21-20-15)14-10-18-7-6-11(14)2/h6-10,20-21H,5H2,1-4H3,(H,19,22)/b15-13-. The van der Waals surface area contributed by atoms with E-state index >= 15 is 0 Å².